The highest BCUT2D eigenvalue weighted by molar-refractivity contribution is 5.85. The average molecular weight is 347 g/mol. The lowest BCUT2D eigenvalue weighted by molar-refractivity contribution is 0.0384. The first kappa shape index (κ1) is 20.5. The predicted molar refractivity (Wildman–Crippen MR) is 81.7 cm³/mol. The molecule has 0 radical (unpaired) electrons. The van der Waals surface area contributed by atoms with E-state index in [2.05, 4.69) is 15.3 Å². The van der Waals surface area contributed by atoms with Crippen molar-refractivity contribution < 1.29 is 13.5 Å². The minimum Gasteiger partial charge on any atom is -0.379 e. The molecule has 9 heteroatoms. The zero-order valence-corrected chi connectivity index (χ0v) is 13.3. The summed E-state index contributed by atoms with van der Waals surface area (Å²) in [5, 5.41) is 7.19. The maximum absolute atomic E-state index is 12.2. The van der Waals surface area contributed by atoms with E-state index in [-0.39, 0.29) is 31.4 Å². The Bertz CT molecular complexity index is 376. The molecule has 0 unspecified atom stereocenters. The molecule has 2 rings (SSSR count). The molecule has 0 aliphatic carbocycles. The molecule has 1 fully saturated rings. The monoisotopic (exact) mass is 346 g/mol. The molecule has 21 heavy (non-hydrogen) atoms. The van der Waals surface area contributed by atoms with E-state index in [0.717, 1.165) is 45.0 Å². The Labute approximate surface area is 135 Å². The summed E-state index contributed by atoms with van der Waals surface area (Å²) >= 11 is 0. The summed E-state index contributed by atoms with van der Waals surface area (Å²) in [6.07, 6.45) is 0.930. The van der Waals surface area contributed by atoms with Crippen LogP contribution in [0.4, 0.5) is 8.78 Å². The van der Waals surface area contributed by atoms with Crippen LogP contribution < -0.4 is 5.32 Å². The lowest BCUT2D eigenvalue weighted by Crippen LogP contribution is -2.40. The zero-order valence-electron chi connectivity index (χ0n) is 11.7. The van der Waals surface area contributed by atoms with Crippen molar-refractivity contribution in [1.29, 1.82) is 0 Å². The van der Waals surface area contributed by atoms with Crippen LogP contribution in [0, 0.1) is 0 Å². The van der Waals surface area contributed by atoms with Crippen LogP contribution >= 0.6 is 24.8 Å². The normalized spacial score (nSPS) is 15.6. The van der Waals surface area contributed by atoms with Gasteiger partial charge in [0.15, 0.2) is 0 Å². The number of morpholine rings is 1. The summed E-state index contributed by atoms with van der Waals surface area (Å²) < 4.78 is 30.9. The Balaban J connectivity index is 0.00000200. The Morgan fingerprint density at radius 2 is 2.00 bits per heavy atom. The fourth-order valence-electron chi connectivity index (χ4n) is 2.03. The van der Waals surface area contributed by atoms with Gasteiger partial charge >= 0.3 is 0 Å². The first-order chi connectivity index (χ1) is 9.24. The number of hydrogen-bond acceptors (Lipinski definition) is 4. The second-order valence-corrected chi connectivity index (χ2v) is 4.59. The van der Waals surface area contributed by atoms with E-state index < -0.39 is 6.43 Å². The van der Waals surface area contributed by atoms with Crippen LogP contribution in [0.1, 0.15) is 5.56 Å². The summed E-state index contributed by atoms with van der Waals surface area (Å²) in [5.41, 5.74) is 0.933. The van der Waals surface area contributed by atoms with Crippen LogP contribution in [0.25, 0.3) is 0 Å². The largest absolute Gasteiger partial charge is 0.379 e. The lowest BCUT2D eigenvalue weighted by atomic mass is 10.3. The van der Waals surface area contributed by atoms with E-state index in [1.165, 1.54) is 4.68 Å². The first-order valence-electron chi connectivity index (χ1n) is 6.54. The second-order valence-electron chi connectivity index (χ2n) is 4.59. The molecule has 1 N–H and O–H groups in total. The Hall–Kier alpha value is -0.470. The van der Waals surface area contributed by atoms with Crippen molar-refractivity contribution in [3.05, 3.63) is 18.0 Å². The molecule has 1 aromatic rings. The predicted octanol–water partition coefficient (Wildman–Crippen LogP) is 1.41. The minimum atomic E-state index is -2.36. The van der Waals surface area contributed by atoms with E-state index in [1.807, 2.05) is 0 Å². The molecular weight excluding hydrogens is 325 g/mol. The Morgan fingerprint density at radius 1 is 1.29 bits per heavy atom. The van der Waals surface area contributed by atoms with E-state index in [4.69, 9.17) is 4.74 Å². The molecule has 0 spiro atoms. The maximum atomic E-state index is 12.2. The highest BCUT2D eigenvalue weighted by atomic mass is 35.5. The van der Waals surface area contributed by atoms with Crippen molar-refractivity contribution in [1.82, 2.24) is 20.0 Å². The summed E-state index contributed by atoms with van der Waals surface area (Å²) in [6.45, 7) is 5.75. The molecule has 1 aliphatic heterocycles. The zero-order chi connectivity index (χ0) is 13.5. The average Bonchev–Trinajstić information content (AvgIpc) is 2.83. The fraction of sp³-hybridized carbons (Fsp3) is 0.750. The fourth-order valence-corrected chi connectivity index (χ4v) is 2.03. The third-order valence-electron chi connectivity index (χ3n) is 3.05. The lowest BCUT2D eigenvalue weighted by Gasteiger charge is -2.26. The van der Waals surface area contributed by atoms with Crippen molar-refractivity contribution in [2.24, 2.45) is 0 Å². The van der Waals surface area contributed by atoms with E-state index in [1.54, 1.807) is 12.4 Å². The number of nitrogens with one attached hydrogen (secondary N) is 1. The van der Waals surface area contributed by atoms with Gasteiger partial charge in [-0.15, -0.1) is 24.8 Å². The van der Waals surface area contributed by atoms with Crippen molar-refractivity contribution >= 4 is 24.8 Å². The van der Waals surface area contributed by atoms with Crippen molar-refractivity contribution in [2.75, 3.05) is 39.4 Å². The second kappa shape index (κ2) is 11.1. The van der Waals surface area contributed by atoms with Gasteiger partial charge in [0.1, 0.15) is 6.54 Å². The van der Waals surface area contributed by atoms with Crippen molar-refractivity contribution in [3.63, 3.8) is 0 Å². The van der Waals surface area contributed by atoms with Gasteiger partial charge in [-0.1, -0.05) is 0 Å². The van der Waals surface area contributed by atoms with Gasteiger partial charge in [-0.2, -0.15) is 5.10 Å². The molecule has 0 atom stereocenters. The number of alkyl halides is 2. The van der Waals surface area contributed by atoms with E-state index >= 15 is 0 Å². The van der Waals surface area contributed by atoms with Crippen molar-refractivity contribution in [2.45, 2.75) is 19.5 Å². The van der Waals surface area contributed by atoms with Crippen molar-refractivity contribution in [3.8, 4) is 0 Å². The number of nitrogens with zero attached hydrogens (tertiary/aromatic N) is 3. The van der Waals surface area contributed by atoms with Crippen LogP contribution in [-0.2, 0) is 17.8 Å². The molecule has 124 valence electrons. The van der Waals surface area contributed by atoms with Crippen LogP contribution in [0.3, 0.4) is 0 Å². The molecule has 2 heterocycles. The first-order valence-corrected chi connectivity index (χ1v) is 6.54. The third-order valence-corrected chi connectivity index (χ3v) is 3.05. The molecule has 1 aliphatic rings. The molecule has 1 aromatic heterocycles. The minimum absolute atomic E-state index is 0. The SMILES string of the molecule is Cl.Cl.FC(F)Cn1cc(CNCCN2CCOCC2)cn1. The van der Waals surface area contributed by atoms with Gasteiger partial charge in [0.25, 0.3) is 6.43 Å². The number of hydrogen-bond donors (Lipinski definition) is 1. The van der Waals surface area contributed by atoms with Gasteiger partial charge in [0.05, 0.1) is 19.4 Å². The number of aromatic nitrogens is 2. The van der Waals surface area contributed by atoms with Crippen LogP contribution in [0.5, 0.6) is 0 Å². The number of rotatable bonds is 7. The summed E-state index contributed by atoms with van der Waals surface area (Å²) in [4.78, 5) is 2.34. The molecular formula is C12H22Cl2F2N4O. The molecule has 0 bridgehead atoms. The standard InChI is InChI=1S/C12H20F2N4O.2ClH/c13-12(14)10-18-9-11(8-16-18)7-15-1-2-17-3-5-19-6-4-17;;/h8-9,12,15H,1-7,10H2;2*1H. The Morgan fingerprint density at radius 3 is 2.67 bits per heavy atom. The number of halogens is 4. The topological polar surface area (TPSA) is 42.3 Å². The quantitative estimate of drug-likeness (QED) is 0.758. The molecule has 0 aromatic carbocycles. The maximum Gasteiger partial charge on any atom is 0.257 e. The highest BCUT2D eigenvalue weighted by Gasteiger charge is 2.09. The molecule has 5 nitrogen and oxygen atoms in total. The van der Waals surface area contributed by atoms with Crippen LogP contribution in [0.2, 0.25) is 0 Å². The van der Waals surface area contributed by atoms with Gasteiger partial charge in [-0.3, -0.25) is 9.58 Å². The van der Waals surface area contributed by atoms with E-state index in [0.29, 0.717) is 6.54 Å². The summed E-state index contributed by atoms with van der Waals surface area (Å²) in [7, 11) is 0. The van der Waals surface area contributed by atoms with Gasteiger partial charge in [-0.25, -0.2) is 8.78 Å². The van der Waals surface area contributed by atoms with Gasteiger partial charge in [0.2, 0.25) is 0 Å². The highest BCUT2D eigenvalue weighted by Crippen LogP contribution is 2.01. The van der Waals surface area contributed by atoms with Gasteiger partial charge in [-0.05, 0) is 0 Å². The molecule has 1 saturated heterocycles. The van der Waals surface area contributed by atoms with Gasteiger partial charge < -0.3 is 10.1 Å². The number of ether oxygens (including phenoxy) is 1. The molecule has 0 amide bonds. The van der Waals surface area contributed by atoms with E-state index in [9.17, 15) is 8.78 Å². The molecule has 0 saturated carbocycles. The smallest absolute Gasteiger partial charge is 0.257 e. The summed E-state index contributed by atoms with van der Waals surface area (Å²) in [5.74, 6) is 0. The van der Waals surface area contributed by atoms with Gasteiger partial charge in [0, 0.05) is 44.5 Å². The Kier molecular flexibility index (Phi) is 10.9. The third kappa shape index (κ3) is 7.92. The summed E-state index contributed by atoms with van der Waals surface area (Å²) in [6, 6.07) is 0. The van der Waals surface area contributed by atoms with Crippen LogP contribution in [0.15, 0.2) is 12.4 Å². The van der Waals surface area contributed by atoms with Crippen LogP contribution in [-0.4, -0.2) is 60.5 Å².